The molecule has 3 aromatic rings. The first-order valence-electron chi connectivity index (χ1n) is 10.2. The third-order valence-corrected chi connectivity index (χ3v) is 7.97. The fraction of sp³-hybridized carbons (Fsp3) is 0.318. The standard InChI is InChI=1S/C22H23FN3O4P/c1-2-30-31(29)11-9-26(10-12-31)22(28)18-13-15(7-8-19(18)23)14-20-16-5-3-4-6-17(16)21(27)25-24-20/h3-8,13H,2,9-12,14H2,1H3,(H,25,27). The lowest BCUT2D eigenvalue weighted by Crippen LogP contribution is -2.40. The van der Waals surface area contributed by atoms with Crippen LogP contribution in [0, 0.1) is 5.82 Å². The van der Waals surface area contributed by atoms with Gasteiger partial charge < -0.3 is 9.42 Å². The quantitative estimate of drug-likeness (QED) is 0.610. The van der Waals surface area contributed by atoms with Crippen molar-refractivity contribution in [3.63, 3.8) is 0 Å². The summed E-state index contributed by atoms with van der Waals surface area (Å²) in [4.78, 5) is 26.4. The molecule has 0 aliphatic carbocycles. The van der Waals surface area contributed by atoms with Crippen LogP contribution in [0.25, 0.3) is 10.8 Å². The first-order valence-corrected chi connectivity index (χ1v) is 12.2. The molecule has 1 aliphatic rings. The Kier molecular flexibility index (Phi) is 6.03. The Balaban J connectivity index is 1.57. The molecule has 162 valence electrons. The Labute approximate surface area is 178 Å². The van der Waals surface area contributed by atoms with Crippen LogP contribution < -0.4 is 5.56 Å². The number of hydrogen-bond acceptors (Lipinski definition) is 5. The monoisotopic (exact) mass is 443 g/mol. The number of benzene rings is 2. The molecular formula is C22H23FN3O4P. The lowest BCUT2D eigenvalue weighted by Gasteiger charge is -2.31. The molecule has 1 aromatic heterocycles. The fourth-order valence-corrected chi connectivity index (χ4v) is 5.90. The largest absolute Gasteiger partial charge is 0.337 e. The number of nitrogens with zero attached hydrogens (tertiary/aromatic N) is 2. The minimum Gasteiger partial charge on any atom is -0.337 e. The number of halogens is 1. The molecule has 0 atom stereocenters. The normalized spacial score (nSPS) is 15.9. The molecule has 1 fully saturated rings. The second kappa shape index (κ2) is 8.73. The zero-order valence-electron chi connectivity index (χ0n) is 17.1. The average molecular weight is 443 g/mol. The second-order valence-corrected chi connectivity index (χ2v) is 10.3. The Morgan fingerprint density at radius 3 is 2.61 bits per heavy atom. The first-order chi connectivity index (χ1) is 14.9. The van der Waals surface area contributed by atoms with Gasteiger partial charge in [0.2, 0.25) is 7.37 Å². The van der Waals surface area contributed by atoms with E-state index < -0.39 is 19.1 Å². The molecule has 9 heteroatoms. The van der Waals surface area contributed by atoms with Gasteiger partial charge in [-0.15, -0.1) is 0 Å². The van der Waals surface area contributed by atoms with Crippen LogP contribution in [0.15, 0.2) is 47.3 Å². The van der Waals surface area contributed by atoms with E-state index in [0.29, 0.717) is 35.1 Å². The number of hydrogen-bond donors (Lipinski definition) is 1. The summed E-state index contributed by atoms with van der Waals surface area (Å²) in [6.07, 6.45) is 0.889. The zero-order valence-corrected chi connectivity index (χ0v) is 18.0. The molecule has 0 radical (unpaired) electrons. The number of H-pyrrole nitrogens is 1. The van der Waals surface area contributed by atoms with Gasteiger partial charge in [0.05, 0.1) is 23.3 Å². The first kappa shape index (κ1) is 21.4. The number of carbonyl (C=O) groups is 1. The van der Waals surface area contributed by atoms with Crippen LogP contribution in [0.1, 0.15) is 28.5 Å². The highest BCUT2D eigenvalue weighted by molar-refractivity contribution is 7.59. The van der Waals surface area contributed by atoms with Gasteiger partial charge in [0.25, 0.3) is 11.5 Å². The molecule has 2 aromatic carbocycles. The Hall–Kier alpha value is -2.83. The summed E-state index contributed by atoms with van der Waals surface area (Å²) in [5, 5.41) is 7.88. The molecule has 4 rings (SSSR count). The summed E-state index contributed by atoms with van der Waals surface area (Å²) in [6.45, 7) is 2.70. The summed E-state index contributed by atoms with van der Waals surface area (Å²) in [6, 6.07) is 11.5. The summed E-state index contributed by atoms with van der Waals surface area (Å²) < 4.78 is 32.4. The molecule has 7 nitrogen and oxygen atoms in total. The van der Waals surface area contributed by atoms with Crippen LogP contribution in [0.2, 0.25) is 0 Å². The smallest absolute Gasteiger partial charge is 0.272 e. The SMILES string of the molecule is CCOP1(=O)CCN(C(=O)c2cc(Cc3n[nH]c(=O)c4ccccc34)ccc2F)CC1. The Morgan fingerprint density at radius 1 is 1.19 bits per heavy atom. The van der Waals surface area contributed by atoms with E-state index in [2.05, 4.69) is 10.2 Å². The van der Waals surface area contributed by atoms with E-state index in [4.69, 9.17) is 4.52 Å². The number of fused-ring (bicyclic) bond motifs is 1. The van der Waals surface area contributed by atoms with E-state index in [1.54, 1.807) is 25.1 Å². The molecule has 0 saturated carbocycles. The number of rotatable bonds is 5. The third-order valence-electron chi connectivity index (χ3n) is 5.48. The van der Waals surface area contributed by atoms with Gasteiger partial charge in [-0.05, 0) is 30.7 Å². The molecule has 0 bridgehead atoms. The highest BCUT2D eigenvalue weighted by atomic mass is 31.2. The van der Waals surface area contributed by atoms with E-state index in [1.807, 2.05) is 12.1 Å². The maximum absolute atomic E-state index is 14.5. The number of nitrogens with one attached hydrogen (secondary N) is 1. The minimum absolute atomic E-state index is 0.0284. The van der Waals surface area contributed by atoms with E-state index >= 15 is 0 Å². The van der Waals surface area contributed by atoms with Crippen molar-refractivity contribution in [2.24, 2.45) is 0 Å². The van der Waals surface area contributed by atoms with Crippen LogP contribution in [-0.4, -0.2) is 53.0 Å². The van der Waals surface area contributed by atoms with E-state index in [1.165, 1.54) is 17.0 Å². The third kappa shape index (κ3) is 4.45. The van der Waals surface area contributed by atoms with Gasteiger partial charge >= 0.3 is 0 Å². The highest BCUT2D eigenvalue weighted by Gasteiger charge is 2.32. The predicted octanol–water partition coefficient (Wildman–Crippen LogP) is 3.42. The van der Waals surface area contributed by atoms with Crippen molar-refractivity contribution in [3.05, 3.63) is 75.5 Å². The molecule has 1 N–H and O–H groups in total. The van der Waals surface area contributed by atoms with Crippen molar-refractivity contribution in [2.75, 3.05) is 32.0 Å². The zero-order chi connectivity index (χ0) is 22.0. The van der Waals surface area contributed by atoms with Gasteiger partial charge in [0, 0.05) is 37.2 Å². The van der Waals surface area contributed by atoms with Crippen LogP contribution in [-0.2, 0) is 15.5 Å². The van der Waals surface area contributed by atoms with Gasteiger partial charge in [-0.1, -0.05) is 24.3 Å². The van der Waals surface area contributed by atoms with Gasteiger partial charge in [0.15, 0.2) is 0 Å². The van der Waals surface area contributed by atoms with Crippen molar-refractivity contribution in [1.29, 1.82) is 0 Å². The molecule has 1 amide bonds. The van der Waals surface area contributed by atoms with Crippen molar-refractivity contribution in [1.82, 2.24) is 15.1 Å². The lowest BCUT2D eigenvalue weighted by atomic mass is 10.0. The number of amides is 1. The van der Waals surface area contributed by atoms with Crippen molar-refractivity contribution in [2.45, 2.75) is 13.3 Å². The van der Waals surface area contributed by atoms with Crippen LogP contribution in [0.3, 0.4) is 0 Å². The van der Waals surface area contributed by atoms with Crippen molar-refractivity contribution in [3.8, 4) is 0 Å². The van der Waals surface area contributed by atoms with Gasteiger partial charge in [-0.2, -0.15) is 5.10 Å². The van der Waals surface area contributed by atoms with E-state index in [9.17, 15) is 18.5 Å². The highest BCUT2D eigenvalue weighted by Crippen LogP contribution is 2.48. The number of aromatic amines is 1. The minimum atomic E-state index is -2.70. The van der Waals surface area contributed by atoms with Crippen LogP contribution >= 0.6 is 7.37 Å². The summed E-state index contributed by atoms with van der Waals surface area (Å²) in [7, 11) is -2.70. The topological polar surface area (TPSA) is 92.4 Å². The van der Waals surface area contributed by atoms with Crippen molar-refractivity contribution < 1.29 is 18.3 Å². The van der Waals surface area contributed by atoms with E-state index in [0.717, 1.165) is 0 Å². The summed E-state index contributed by atoms with van der Waals surface area (Å²) in [5.41, 5.74) is 1.03. The molecule has 0 spiro atoms. The molecular weight excluding hydrogens is 420 g/mol. The molecule has 1 aliphatic heterocycles. The molecule has 0 unspecified atom stereocenters. The van der Waals surface area contributed by atoms with Gasteiger partial charge in [-0.25, -0.2) is 9.49 Å². The van der Waals surface area contributed by atoms with Gasteiger partial charge in [0.1, 0.15) is 5.82 Å². The fourth-order valence-electron chi connectivity index (χ4n) is 3.85. The summed E-state index contributed by atoms with van der Waals surface area (Å²) >= 11 is 0. The lowest BCUT2D eigenvalue weighted by molar-refractivity contribution is 0.0761. The Bertz CT molecular complexity index is 1230. The number of carbonyl (C=O) groups excluding carboxylic acids is 1. The maximum atomic E-state index is 14.5. The average Bonchev–Trinajstić information content (AvgIpc) is 2.77. The molecule has 31 heavy (non-hydrogen) atoms. The van der Waals surface area contributed by atoms with Crippen LogP contribution in [0.5, 0.6) is 0 Å². The molecule has 1 saturated heterocycles. The summed E-state index contributed by atoms with van der Waals surface area (Å²) in [5.74, 6) is -1.03. The predicted molar refractivity (Wildman–Crippen MR) is 116 cm³/mol. The van der Waals surface area contributed by atoms with Crippen molar-refractivity contribution >= 4 is 24.0 Å². The Morgan fingerprint density at radius 2 is 1.90 bits per heavy atom. The van der Waals surface area contributed by atoms with Crippen LogP contribution in [0.4, 0.5) is 4.39 Å². The second-order valence-electron chi connectivity index (χ2n) is 7.51. The number of aromatic nitrogens is 2. The molecule has 2 heterocycles. The van der Waals surface area contributed by atoms with Gasteiger partial charge in [-0.3, -0.25) is 14.2 Å². The maximum Gasteiger partial charge on any atom is 0.272 e. The van der Waals surface area contributed by atoms with E-state index in [-0.39, 0.29) is 36.5 Å².